The van der Waals surface area contributed by atoms with Gasteiger partial charge >= 0.3 is 0 Å². The van der Waals surface area contributed by atoms with Crippen molar-refractivity contribution in [3.63, 3.8) is 0 Å². The molecule has 0 saturated carbocycles. The molecule has 0 amide bonds. The number of rotatable bonds is 6. The third-order valence-electron chi connectivity index (χ3n) is 3.64. The fourth-order valence-corrected chi connectivity index (χ4v) is 2.41. The monoisotopic (exact) mass is 219 g/mol. The van der Waals surface area contributed by atoms with Crippen molar-refractivity contribution < 1.29 is 0 Å². The molecule has 0 aromatic heterocycles. The maximum absolute atomic E-state index is 6.53. The van der Waals surface area contributed by atoms with Crippen LogP contribution in [0.15, 0.2) is 30.3 Å². The predicted octanol–water partition coefficient (Wildman–Crippen LogP) is 4.08. The summed E-state index contributed by atoms with van der Waals surface area (Å²) in [5.41, 5.74) is 7.61. The van der Waals surface area contributed by atoms with E-state index in [-0.39, 0.29) is 5.54 Å². The molecular weight excluding hydrogens is 194 g/mol. The molecule has 2 N–H and O–H groups in total. The number of unbranched alkanes of at least 4 members (excludes halogenated alkanes) is 1. The number of nitrogens with two attached hydrogens (primary N) is 1. The van der Waals surface area contributed by atoms with Crippen LogP contribution in [0.4, 0.5) is 0 Å². The molecule has 0 spiro atoms. The Kier molecular flexibility index (Phi) is 5.01. The van der Waals surface area contributed by atoms with E-state index in [0.717, 1.165) is 6.42 Å². The third-order valence-corrected chi connectivity index (χ3v) is 3.64. The van der Waals surface area contributed by atoms with Crippen LogP contribution in [-0.4, -0.2) is 0 Å². The van der Waals surface area contributed by atoms with E-state index < -0.39 is 0 Å². The van der Waals surface area contributed by atoms with E-state index in [1.807, 2.05) is 6.07 Å². The van der Waals surface area contributed by atoms with Crippen LogP contribution in [0.2, 0.25) is 0 Å². The molecule has 0 heterocycles. The summed E-state index contributed by atoms with van der Waals surface area (Å²) in [5, 5.41) is 0. The molecule has 2 atom stereocenters. The zero-order valence-corrected chi connectivity index (χ0v) is 10.9. The summed E-state index contributed by atoms with van der Waals surface area (Å²) in [6.07, 6.45) is 4.91. The number of hydrogen-bond acceptors (Lipinski definition) is 1. The van der Waals surface area contributed by atoms with Crippen molar-refractivity contribution in [1.29, 1.82) is 0 Å². The Bertz CT molecular complexity index is 290. The molecule has 1 nitrogen and oxygen atoms in total. The lowest BCUT2D eigenvalue weighted by molar-refractivity contribution is 0.267. The summed E-state index contributed by atoms with van der Waals surface area (Å²) < 4.78 is 0. The van der Waals surface area contributed by atoms with Gasteiger partial charge in [0, 0.05) is 5.54 Å². The molecule has 0 bridgehead atoms. The summed E-state index contributed by atoms with van der Waals surface area (Å²) in [6, 6.07) is 10.5. The van der Waals surface area contributed by atoms with Crippen molar-refractivity contribution >= 4 is 0 Å². The van der Waals surface area contributed by atoms with Gasteiger partial charge in [0.25, 0.3) is 0 Å². The van der Waals surface area contributed by atoms with Crippen LogP contribution in [0.25, 0.3) is 0 Å². The van der Waals surface area contributed by atoms with Gasteiger partial charge in [-0.3, -0.25) is 0 Å². The lowest BCUT2D eigenvalue weighted by Crippen LogP contribution is -2.41. The highest BCUT2D eigenvalue weighted by Crippen LogP contribution is 2.32. The van der Waals surface area contributed by atoms with Gasteiger partial charge in [-0.15, -0.1) is 0 Å². The smallest absolute Gasteiger partial charge is 0.0409 e. The SMILES string of the molecule is CCCCC(CC)C(C)(N)c1ccccc1. The van der Waals surface area contributed by atoms with Gasteiger partial charge in [0.1, 0.15) is 0 Å². The average Bonchev–Trinajstić information content (AvgIpc) is 2.31. The van der Waals surface area contributed by atoms with Gasteiger partial charge in [-0.1, -0.05) is 63.4 Å². The fourth-order valence-electron chi connectivity index (χ4n) is 2.41. The molecule has 0 aliphatic carbocycles. The molecule has 0 aliphatic heterocycles. The van der Waals surface area contributed by atoms with Gasteiger partial charge in [-0.25, -0.2) is 0 Å². The van der Waals surface area contributed by atoms with Crippen LogP contribution in [0.1, 0.15) is 52.0 Å². The molecule has 2 unspecified atom stereocenters. The Balaban J connectivity index is 2.81. The third kappa shape index (κ3) is 3.08. The standard InChI is InChI=1S/C15H25N/c1-4-6-10-13(5-2)15(3,16)14-11-8-7-9-12-14/h7-9,11-13H,4-6,10,16H2,1-3H3. The zero-order chi connectivity index (χ0) is 12.0. The van der Waals surface area contributed by atoms with Crippen LogP contribution < -0.4 is 5.73 Å². The van der Waals surface area contributed by atoms with Gasteiger partial charge in [0.15, 0.2) is 0 Å². The van der Waals surface area contributed by atoms with Gasteiger partial charge < -0.3 is 5.73 Å². The molecule has 16 heavy (non-hydrogen) atoms. The van der Waals surface area contributed by atoms with Gasteiger partial charge in [0.05, 0.1) is 0 Å². The molecule has 1 rings (SSSR count). The summed E-state index contributed by atoms with van der Waals surface area (Å²) in [4.78, 5) is 0. The average molecular weight is 219 g/mol. The summed E-state index contributed by atoms with van der Waals surface area (Å²) in [5.74, 6) is 0.579. The second-order valence-electron chi connectivity index (χ2n) is 4.90. The Morgan fingerprint density at radius 3 is 2.31 bits per heavy atom. The number of benzene rings is 1. The lowest BCUT2D eigenvalue weighted by atomic mass is 9.76. The second-order valence-corrected chi connectivity index (χ2v) is 4.90. The highest BCUT2D eigenvalue weighted by molar-refractivity contribution is 5.23. The van der Waals surface area contributed by atoms with E-state index in [1.54, 1.807) is 0 Å². The van der Waals surface area contributed by atoms with E-state index >= 15 is 0 Å². The Morgan fingerprint density at radius 2 is 1.81 bits per heavy atom. The Labute approximate surface area is 100 Å². The maximum Gasteiger partial charge on any atom is 0.0409 e. The first-order valence-electron chi connectivity index (χ1n) is 6.47. The molecule has 0 radical (unpaired) electrons. The van der Waals surface area contributed by atoms with Gasteiger partial charge in [-0.2, -0.15) is 0 Å². The zero-order valence-electron chi connectivity index (χ0n) is 10.9. The molecule has 0 fully saturated rings. The number of hydrogen-bond donors (Lipinski definition) is 1. The molecule has 1 heteroatoms. The van der Waals surface area contributed by atoms with E-state index in [4.69, 9.17) is 5.73 Å². The molecule has 0 saturated heterocycles. The Morgan fingerprint density at radius 1 is 1.19 bits per heavy atom. The summed E-state index contributed by atoms with van der Waals surface area (Å²) in [7, 11) is 0. The van der Waals surface area contributed by atoms with Crippen molar-refractivity contribution in [3.05, 3.63) is 35.9 Å². The van der Waals surface area contributed by atoms with Crippen molar-refractivity contribution in [2.75, 3.05) is 0 Å². The Hall–Kier alpha value is -0.820. The summed E-state index contributed by atoms with van der Waals surface area (Å²) in [6.45, 7) is 6.66. The second kappa shape index (κ2) is 6.05. The largest absolute Gasteiger partial charge is 0.321 e. The van der Waals surface area contributed by atoms with Crippen molar-refractivity contribution in [1.82, 2.24) is 0 Å². The van der Waals surface area contributed by atoms with Gasteiger partial charge in [-0.05, 0) is 24.8 Å². The minimum absolute atomic E-state index is 0.189. The van der Waals surface area contributed by atoms with Crippen molar-refractivity contribution in [3.8, 4) is 0 Å². The quantitative estimate of drug-likeness (QED) is 0.766. The van der Waals surface area contributed by atoms with Crippen LogP contribution in [0, 0.1) is 5.92 Å². The first-order chi connectivity index (χ1) is 7.62. The van der Waals surface area contributed by atoms with E-state index in [2.05, 4.69) is 45.0 Å². The molecule has 1 aromatic carbocycles. The van der Waals surface area contributed by atoms with E-state index in [0.29, 0.717) is 5.92 Å². The summed E-state index contributed by atoms with van der Waals surface area (Å²) >= 11 is 0. The normalized spacial score (nSPS) is 16.8. The van der Waals surface area contributed by atoms with E-state index in [1.165, 1.54) is 24.8 Å². The minimum Gasteiger partial charge on any atom is -0.321 e. The molecule has 90 valence electrons. The van der Waals surface area contributed by atoms with Gasteiger partial charge in [0.2, 0.25) is 0 Å². The van der Waals surface area contributed by atoms with E-state index in [9.17, 15) is 0 Å². The topological polar surface area (TPSA) is 26.0 Å². The maximum atomic E-state index is 6.53. The highest BCUT2D eigenvalue weighted by atomic mass is 14.7. The van der Waals surface area contributed by atoms with Crippen LogP contribution in [0.5, 0.6) is 0 Å². The van der Waals surface area contributed by atoms with Crippen LogP contribution >= 0.6 is 0 Å². The highest BCUT2D eigenvalue weighted by Gasteiger charge is 2.29. The van der Waals surface area contributed by atoms with Crippen LogP contribution in [-0.2, 0) is 5.54 Å². The molecule has 1 aromatic rings. The van der Waals surface area contributed by atoms with Crippen molar-refractivity contribution in [2.24, 2.45) is 11.7 Å². The molecule has 0 aliphatic rings. The van der Waals surface area contributed by atoms with Crippen LogP contribution in [0.3, 0.4) is 0 Å². The molecular formula is C15H25N. The minimum atomic E-state index is -0.189. The first kappa shape index (κ1) is 13.2. The fraction of sp³-hybridized carbons (Fsp3) is 0.600. The lowest BCUT2D eigenvalue weighted by Gasteiger charge is -2.34. The predicted molar refractivity (Wildman–Crippen MR) is 71.3 cm³/mol. The van der Waals surface area contributed by atoms with Crippen molar-refractivity contribution in [2.45, 2.75) is 52.0 Å². The first-order valence-corrected chi connectivity index (χ1v) is 6.47.